The molecular formula is C8H4Br2ClNO2. The van der Waals surface area contributed by atoms with E-state index in [1.54, 1.807) is 12.1 Å². The Labute approximate surface area is 103 Å². The van der Waals surface area contributed by atoms with E-state index in [0.717, 1.165) is 4.47 Å². The van der Waals surface area contributed by atoms with Gasteiger partial charge in [-0.2, -0.15) is 0 Å². The number of anilines is 1. The molecule has 1 aromatic carbocycles. The minimum Gasteiger partial charge on any atom is -0.317 e. The van der Waals surface area contributed by atoms with Crippen molar-refractivity contribution in [2.24, 2.45) is 0 Å². The number of nitrogens with one attached hydrogen (secondary N) is 1. The van der Waals surface area contributed by atoms with Crippen molar-refractivity contribution in [2.75, 3.05) is 5.32 Å². The van der Waals surface area contributed by atoms with Crippen LogP contribution in [0.2, 0.25) is 0 Å². The predicted molar refractivity (Wildman–Crippen MR) is 62.1 cm³/mol. The van der Waals surface area contributed by atoms with Crippen molar-refractivity contribution >= 4 is 61.6 Å². The molecule has 1 aromatic rings. The van der Waals surface area contributed by atoms with Crippen molar-refractivity contribution in [1.29, 1.82) is 0 Å². The number of rotatable bonds is 0. The molecule has 1 aliphatic rings. The fourth-order valence-corrected chi connectivity index (χ4v) is 2.50. The van der Waals surface area contributed by atoms with Gasteiger partial charge in [-0.3, -0.25) is 9.59 Å². The molecule has 1 heterocycles. The molecule has 0 radical (unpaired) electrons. The van der Waals surface area contributed by atoms with Crippen molar-refractivity contribution < 1.29 is 9.59 Å². The summed E-state index contributed by atoms with van der Waals surface area (Å²) in [5.41, 5.74) is 0.962. The Morgan fingerprint density at radius 3 is 2.43 bits per heavy atom. The standard InChI is InChI=1S/C8H3Br2NO2.ClH/c9-3-1-4-6(5(10)2-3)11-8(13)7(4)12;/h1-2H,(H,11,12,13);1H. The van der Waals surface area contributed by atoms with Crippen LogP contribution in [0.4, 0.5) is 5.69 Å². The molecule has 1 amide bonds. The van der Waals surface area contributed by atoms with E-state index in [0.29, 0.717) is 15.7 Å². The van der Waals surface area contributed by atoms with E-state index in [1.807, 2.05) is 0 Å². The molecule has 0 saturated carbocycles. The third-order valence-electron chi connectivity index (χ3n) is 1.74. The fraction of sp³-hybridized carbons (Fsp3) is 0. The highest BCUT2D eigenvalue weighted by atomic mass is 79.9. The average Bonchev–Trinajstić information content (AvgIpc) is 2.32. The van der Waals surface area contributed by atoms with E-state index in [-0.39, 0.29) is 12.4 Å². The molecule has 14 heavy (non-hydrogen) atoms. The monoisotopic (exact) mass is 339 g/mol. The highest BCUT2D eigenvalue weighted by molar-refractivity contribution is 9.11. The molecule has 0 spiro atoms. The molecule has 0 unspecified atom stereocenters. The van der Waals surface area contributed by atoms with E-state index in [4.69, 9.17) is 0 Å². The van der Waals surface area contributed by atoms with Crippen LogP contribution in [0.1, 0.15) is 10.4 Å². The second-order valence-electron chi connectivity index (χ2n) is 2.59. The molecule has 1 aliphatic heterocycles. The Morgan fingerprint density at radius 2 is 1.79 bits per heavy atom. The lowest BCUT2D eigenvalue weighted by Gasteiger charge is -2.00. The molecular weight excluding hydrogens is 337 g/mol. The first-order valence-electron chi connectivity index (χ1n) is 3.44. The number of fused-ring (bicyclic) bond motifs is 1. The molecule has 0 fully saturated rings. The smallest absolute Gasteiger partial charge is 0.296 e. The molecule has 74 valence electrons. The number of carbonyl (C=O) groups is 2. The van der Waals surface area contributed by atoms with Gasteiger partial charge in [0.2, 0.25) is 0 Å². The Kier molecular flexibility index (Phi) is 3.34. The van der Waals surface area contributed by atoms with E-state index < -0.39 is 11.7 Å². The first-order valence-corrected chi connectivity index (χ1v) is 5.03. The van der Waals surface area contributed by atoms with Crippen molar-refractivity contribution in [2.45, 2.75) is 0 Å². The zero-order valence-electron chi connectivity index (χ0n) is 6.64. The molecule has 0 aromatic heterocycles. The average molecular weight is 341 g/mol. The quantitative estimate of drug-likeness (QED) is 0.738. The van der Waals surface area contributed by atoms with Gasteiger partial charge in [0.25, 0.3) is 11.7 Å². The number of Topliss-reactive ketones (excluding diaryl/α,β-unsaturated/α-hetero) is 1. The third kappa shape index (κ3) is 1.71. The van der Waals surface area contributed by atoms with Gasteiger partial charge in [0.1, 0.15) is 0 Å². The van der Waals surface area contributed by atoms with Gasteiger partial charge >= 0.3 is 0 Å². The summed E-state index contributed by atoms with van der Waals surface area (Å²) in [6.07, 6.45) is 0. The molecule has 0 atom stereocenters. The molecule has 3 nitrogen and oxygen atoms in total. The predicted octanol–water partition coefficient (Wildman–Crippen LogP) is 2.77. The number of ketones is 1. The van der Waals surface area contributed by atoms with Crippen molar-refractivity contribution in [3.8, 4) is 0 Å². The number of halogens is 3. The number of amides is 1. The largest absolute Gasteiger partial charge is 0.317 e. The van der Waals surface area contributed by atoms with Crippen molar-refractivity contribution in [3.63, 3.8) is 0 Å². The lowest BCUT2D eigenvalue weighted by Crippen LogP contribution is -2.12. The summed E-state index contributed by atoms with van der Waals surface area (Å²) in [6, 6.07) is 3.40. The first kappa shape index (κ1) is 11.7. The summed E-state index contributed by atoms with van der Waals surface area (Å²) in [6.45, 7) is 0. The van der Waals surface area contributed by atoms with E-state index in [2.05, 4.69) is 37.2 Å². The summed E-state index contributed by atoms with van der Waals surface area (Å²) in [5, 5.41) is 2.49. The minimum atomic E-state index is -0.575. The van der Waals surface area contributed by atoms with E-state index in [9.17, 15) is 9.59 Å². The van der Waals surface area contributed by atoms with Crippen LogP contribution < -0.4 is 5.32 Å². The fourth-order valence-electron chi connectivity index (χ4n) is 1.17. The van der Waals surface area contributed by atoms with Gasteiger partial charge in [0.15, 0.2) is 0 Å². The molecule has 6 heteroatoms. The minimum absolute atomic E-state index is 0. The number of hydrogen-bond donors (Lipinski definition) is 1. The van der Waals surface area contributed by atoms with Crippen LogP contribution in [0.5, 0.6) is 0 Å². The van der Waals surface area contributed by atoms with Gasteiger partial charge in [0.05, 0.1) is 11.3 Å². The Balaban J connectivity index is 0.000000980. The maximum atomic E-state index is 11.2. The maximum Gasteiger partial charge on any atom is 0.296 e. The van der Waals surface area contributed by atoms with Crippen LogP contribution >= 0.6 is 44.3 Å². The summed E-state index contributed by atoms with van der Waals surface area (Å²) in [4.78, 5) is 22.2. The highest BCUT2D eigenvalue weighted by Crippen LogP contribution is 2.34. The second kappa shape index (κ2) is 4.00. The SMILES string of the molecule is Cl.O=C1Nc2c(Br)cc(Br)cc2C1=O. The molecule has 0 aliphatic carbocycles. The van der Waals surface area contributed by atoms with Gasteiger partial charge in [-0.1, -0.05) is 15.9 Å². The normalized spacial score (nSPS) is 13.3. The highest BCUT2D eigenvalue weighted by Gasteiger charge is 2.29. The van der Waals surface area contributed by atoms with Gasteiger partial charge in [-0.05, 0) is 28.1 Å². The van der Waals surface area contributed by atoms with Crippen LogP contribution in [-0.2, 0) is 4.79 Å². The van der Waals surface area contributed by atoms with Gasteiger partial charge in [-0.25, -0.2) is 0 Å². The van der Waals surface area contributed by atoms with Crippen molar-refractivity contribution in [1.82, 2.24) is 0 Å². The summed E-state index contributed by atoms with van der Waals surface area (Å²) >= 11 is 6.50. The summed E-state index contributed by atoms with van der Waals surface area (Å²) < 4.78 is 1.47. The lowest BCUT2D eigenvalue weighted by atomic mass is 10.1. The van der Waals surface area contributed by atoms with Crippen LogP contribution in [0.25, 0.3) is 0 Å². The zero-order valence-corrected chi connectivity index (χ0v) is 10.6. The van der Waals surface area contributed by atoms with Crippen LogP contribution in [0.3, 0.4) is 0 Å². The van der Waals surface area contributed by atoms with Gasteiger partial charge < -0.3 is 5.32 Å². The van der Waals surface area contributed by atoms with Crippen molar-refractivity contribution in [3.05, 3.63) is 26.6 Å². The van der Waals surface area contributed by atoms with Gasteiger partial charge in [0, 0.05) is 8.95 Å². The summed E-state index contributed by atoms with van der Waals surface area (Å²) in [7, 11) is 0. The second-order valence-corrected chi connectivity index (χ2v) is 4.36. The molecule has 1 N–H and O–H groups in total. The third-order valence-corrected chi connectivity index (χ3v) is 2.83. The molecule has 2 rings (SSSR count). The Hall–Kier alpha value is -0.390. The van der Waals surface area contributed by atoms with Crippen LogP contribution in [0.15, 0.2) is 21.1 Å². The molecule has 0 saturated heterocycles. The van der Waals surface area contributed by atoms with Crippen LogP contribution in [-0.4, -0.2) is 11.7 Å². The maximum absolute atomic E-state index is 11.2. The zero-order chi connectivity index (χ0) is 9.59. The lowest BCUT2D eigenvalue weighted by molar-refractivity contribution is -0.112. The molecule has 0 bridgehead atoms. The number of carbonyl (C=O) groups excluding carboxylic acids is 2. The van der Waals surface area contributed by atoms with E-state index >= 15 is 0 Å². The summed E-state index contributed by atoms with van der Waals surface area (Å²) in [5.74, 6) is -1.06. The number of benzene rings is 1. The Morgan fingerprint density at radius 1 is 1.14 bits per heavy atom. The van der Waals surface area contributed by atoms with Gasteiger partial charge in [-0.15, -0.1) is 12.4 Å². The number of hydrogen-bond acceptors (Lipinski definition) is 2. The van der Waals surface area contributed by atoms with Crippen LogP contribution in [0, 0.1) is 0 Å². The first-order chi connectivity index (χ1) is 6.09. The topological polar surface area (TPSA) is 46.2 Å². The van der Waals surface area contributed by atoms with E-state index in [1.165, 1.54) is 0 Å². The Bertz CT molecular complexity index is 434.